The highest BCUT2D eigenvalue weighted by molar-refractivity contribution is 5.89. The minimum Gasteiger partial charge on any atom is -0.481 e. The van der Waals surface area contributed by atoms with Crippen molar-refractivity contribution in [1.82, 2.24) is 9.80 Å². The van der Waals surface area contributed by atoms with Gasteiger partial charge >= 0.3 is 5.97 Å². The fourth-order valence-corrected chi connectivity index (χ4v) is 2.47. The van der Waals surface area contributed by atoms with Crippen LogP contribution in [0.1, 0.15) is 40.5 Å². The second-order valence-electron chi connectivity index (χ2n) is 5.81. The van der Waals surface area contributed by atoms with E-state index in [1.807, 2.05) is 27.7 Å². The Kier molecular flexibility index (Phi) is 5.53. The standard InChI is InChI=1S/C14H24N2O4/c1-9(2)15(6-5-13(18)19)14(20)11-7-12(17)16(8-11)10(3)4/h9-11H,5-8H2,1-4H3,(H,18,19). The Morgan fingerprint density at radius 1 is 1.35 bits per heavy atom. The lowest BCUT2D eigenvalue weighted by Gasteiger charge is -2.29. The van der Waals surface area contributed by atoms with Crippen LogP contribution in [0.4, 0.5) is 0 Å². The lowest BCUT2D eigenvalue weighted by Crippen LogP contribution is -2.43. The fourth-order valence-electron chi connectivity index (χ4n) is 2.47. The number of hydrogen-bond donors (Lipinski definition) is 1. The highest BCUT2D eigenvalue weighted by Gasteiger charge is 2.37. The molecule has 1 saturated heterocycles. The summed E-state index contributed by atoms with van der Waals surface area (Å²) in [7, 11) is 0. The number of likely N-dealkylation sites (tertiary alicyclic amines) is 1. The first-order valence-electron chi connectivity index (χ1n) is 7.05. The quantitative estimate of drug-likeness (QED) is 0.788. The van der Waals surface area contributed by atoms with Crippen molar-refractivity contribution in [2.45, 2.75) is 52.6 Å². The van der Waals surface area contributed by atoms with Crippen molar-refractivity contribution in [3.8, 4) is 0 Å². The summed E-state index contributed by atoms with van der Waals surface area (Å²) < 4.78 is 0. The number of carboxylic acid groups (broad SMARTS) is 1. The highest BCUT2D eigenvalue weighted by atomic mass is 16.4. The van der Waals surface area contributed by atoms with Crippen LogP contribution >= 0.6 is 0 Å². The molecule has 0 bridgehead atoms. The zero-order valence-electron chi connectivity index (χ0n) is 12.6. The molecule has 0 radical (unpaired) electrons. The second-order valence-corrected chi connectivity index (χ2v) is 5.81. The monoisotopic (exact) mass is 284 g/mol. The molecule has 1 aliphatic heterocycles. The van der Waals surface area contributed by atoms with Crippen molar-refractivity contribution < 1.29 is 19.5 Å². The SMILES string of the molecule is CC(C)N1CC(C(=O)N(CCC(=O)O)C(C)C)CC1=O. The summed E-state index contributed by atoms with van der Waals surface area (Å²) in [5.41, 5.74) is 0. The molecule has 6 nitrogen and oxygen atoms in total. The molecular formula is C14H24N2O4. The summed E-state index contributed by atoms with van der Waals surface area (Å²) in [5, 5.41) is 8.75. The second kappa shape index (κ2) is 6.72. The summed E-state index contributed by atoms with van der Waals surface area (Å²) in [5.74, 6) is -1.38. The molecule has 1 fully saturated rings. The van der Waals surface area contributed by atoms with Crippen molar-refractivity contribution in [2.24, 2.45) is 5.92 Å². The first-order valence-corrected chi connectivity index (χ1v) is 7.05. The van der Waals surface area contributed by atoms with Gasteiger partial charge in [-0.2, -0.15) is 0 Å². The number of hydrogen-bond acceptors (Lipinski definition) is 3. The van der Waals surface area contributed by atoms with E-state index >= 15 is 0 Å². The molecule has 1 N–H and O–H groups in total. The van der Waals surface area contributed by atoms with E-state index in [-0.39, 0.29) is 49.2 Å². The molecule has 0 aromatic carbocycles. The van der Waals surface area contributed by atoms with Gasteiger partial charge in [0.25, 0.3) is 0 Å². The zero-order valence-corrected chi connectivity index (χ0v) is 12.6. The van der Waals surface area contributed by atoms with Crippen LogP contribution in [0, 0.1) is 5.92 Å². The molecule has 2 amide bonds. The van der Waals surface area contributed by atoms with Crippen LogP contribution in [-0.4, -0.2) is 57.9 Å². The third kappa shape index (κ3) is 3.95. The first kappa shape index (κ1) is 16.5. The van der Waals surface area contributed by atoms with Gasteiger partial charge in [-0.3, -0.25) is 14.4 Å². The number of carbonyl (C=O) groups is 3. The molecule has 20 heavy (non-hydrogen) atoms. The number of carbonyl (C=O) groups excluding carboxylic acids is 2. The van der Waals surface area contributed by atoms with Gasteiger partial charge < -0.3 is 14.9 Å². The van der Waals surface area contributed by atoms with E-state index in [0.29, 0.717) is 6.54 Å². The highest BCUT2D eigenvalue weighted by Crippen LogP contribution is 2.23. The van der Waals surface area contributed by atoms with Crippen LogP contribution in [0.3, 0.4) is 0 Å². The predicted molar refractivity (Wildman–Crippen MR) is 74.1 cm³/mol. The van der Waals surface area contributed by atoms with Gasteiger partial charge in [0.2, 0.25) is 11.8 Å². The Hall–Kier alpha value is -1.59. The van der Waals surface area contributed by atoms with Gasteiger partial charge in [-0.25, -0.2) is 0 Å². The van der Waals surface area contributed by atoms with Crippen LogP contribution < -0.4 is 0 Å². The fraction of sp³-hybridized carbons (Fsp3) is 0.786. The molecule has 0 saturated carbocycles. The molecule has 0 spiro atoms. The molecular weight excluding hydrogens is 260 g/mol. The Morgan fingerprint density at radius 3 is 2.35 bits per heavy atom. The third-order valence-electron chi connectivity index (χ3n) is 3.60. The minimum absolute atomic E-state index is 0.000269. The summed E-state index contributed by atoms with van der Waals surface area (Å²) in [6.45, 7) is 8.20. The van der Waals surface area contributed by atoms with E-state index in [1.165, 1.54) is 0 Å². The van der Waals surface area contributed by atoms with E-state index in [9.17, 15) is 14.4 Å². The number of rotatable bonds is 6. The van der Waals surface area contributed by atoms with Crippen LogP contribution in [0.5, 0.6) is 0 Å². The largest absolute Gasteiger partial charge is 0.481 e. The maximum atomic E-state index is 12.5. The van der Waals surface area contributed by atoms with Crippen molar-refractivity contribution in [1.29, 1.82) is 0 Å². The van der Waals surface area contributed by atoms with Crippen LogP contribution in [0.25, 0.3) is 0 Å². The van der Waals surface area contributed by atoms with Gasteiger partial charge in [0, 0.05) is 31.6 Å². The van der Waals surface area contributed by atoms with Crippen LogP contribution in [-0.2, 0) is 14.4 Å². The number of amides is 2. The Morgan fingerprint density at radius 2 is 1.95 bits per heavy atom. The molecule has 0 aromatic rings. The summed E-state index contributed by atoms with van der Waals surface area (Å²) in [4.78, 5) is 38.3. The van der Waals surface area contributed by atoms with Crippen molar-refractivity contribution in [2.75, 3.05) is 13.1 Å². The molecule has 6 heteroatoms. The van der Waals surface area contributed by atoms with Gasteiger partial charge in [0.1, 0.15) is 0 Å². The van der Waals surface area contributed by atoms with Crippen molar-refractivity contribution in [3.63, 3.8) is 0 Å². The molecule has 1 atom stereocenters. The summed E-state index contributed by atoms with van der Waals surface area (Å²) >= 11 is 0. The van der Waals surface area contributed by atoms with E-state index < -0.39 is 5.97 Å². The van der Waals surface area contributed by atoms with Crippen LogP contribution in [0.15, 0.2) is 0 Å². The number of nitrogens with zero attached hydrogens (tertiary/aromatic N) is 2. The normalized spacial score (nSPS) is 19.0. The topological polar surface area (TPSA) is 77.9 Å². The van der Waals surface area contributed by atoms with Crippen LogP contribution in [0.2, 0.25) is 0 Å². The molecule has 0 aliphatic carbocycles. The van der Waals surface area contributed by atoms with Gasteiger partial charge in [0.05, 0.1) is 12.3 Å². The van der Waals surface area contributed by atoms with Gasteiger partial charge in [-0.05, 0) is 27.7 Å². The molecule has 1 rings (SSSR count). The Labute approximate surface area is 119 Å². The smallest absolute Gasteiger partial charge is 0.305 e. The molecule has 1 heterocycles. The van der Waals surface area contributed by atoms with Crippen molar-refractivity contribution in [3.05, 3.63) is 0 Å². The van der Waals surface area contributed by atoms with Gasteiger partial charge in [-0.15, -0.1) is 0 Å². The average Bonchev–Trinajstić information content (AvgIpc) is 2.70. The Balaban J connectivity index is 2.71. The molecule has 0 aromatic heterocycles. The lowest BCUT2D eigenvalue weighted by atomic mass is 10.1. The minimum atomic E-state index is -0.922. The predicted octanol–water partition coefficient (Wildman–Crippen LogP) is 0.955. The zero-order chi connectivity index (χ0) is 15.4. The van der Waals surface area contributed by atoms with E-state index in [0.717, 1.165) is 0 Å². The van der Waals surface area contributed by atoms with E-state index in [4.69, 9.17) is 5.11 Å². The molecule has 1 aliphatic rings. The van der Waals surface area contributed by atoms with Gasteiger partial charge in [-0.1, -0.05) is 0 Å². The number of aliphatic carboxylic acids is 1. The maximum absolute atomic E-state index is 12.5. The van der Waals surface area contributed by atoms with Crippen molar-refractivity contribution >= 4 is 17.8 Å². The molecule has 114 valence electrons. The average molecular weight is 284 g/mol. The number of carboxylic acids is 1. The molecule has 1 unspecified atom stereocenters. The van der Waals surface area contributed by atoms with E-state index in [2.05, 4.69) is 0 Å². The lowest BCUT2D eigenvalue weighted by molar-refractivity contribution is -0.141. The third-order valence-corrected chi connectivity index (χ3v) is 3.60. The van der Waals surface area contributed by atoms with E-state index in [1.54, 1.807) is 9.80 Å². The first-order chi connectivity index (χ1) is 9.23. The van der Waals surface area contributed by atoms with Gasteiger partial charge in [0.15, 0.2) is 0 Å². The Bertz CT molecular complexity index is 393. The summed E-state index contributed by atoms with van der Waals surface area (Å²) in [6.07, 6.45) is 0.159. The maximum Gasteiger partial charge on any atom is 0.305 e. The summed E-state index contributed by atoms with van der Waals surface area (Å²) in [6, 6.07) is 0.0249.